The van der Waals surface area contributed by atoms with Crippen LogP contribution in [-0.4, -0.2) is 71.1 Å². The fraction of sp³-hybridized carbons (Fsp3) is 0.562. The number of carboxylic acid groups (broad SMARTS) is 1. The van der Waals surface area contributed by atoms with Crippen molar-refractivity contribution in [1.29, 1.82) is 0 Å². The van der Waals surface area contributed by atoms with Gasteiger partial charge in [-0.05, 0) is 89.9 Å². The number of allylic oxidation sites excluding steroid dienone is 16. The molecule has 5 N–H and O–H groups in total. The molecule has 0 bridgehead atoms. The molecule has 61 heavy (non-hydrogen) atoms. The third-order valence-electron chi connectivity index (χ3n) is 8.59. The summed E-state index contributed by atoms with van der Waals surface area (Å²) in [7, 11) is -4.76. The number of aliphatic hydroxyl groups is 1. The number of unbranched alkanes of at least 4 members (excludes halogenated alkanes) is 7. The maximum Gasteiger partial charge on any atom is 0.472 e. The van der Waals surface area contributed by atoms with Crippen molar-refractivity contribution in [3.8, 4) is 0 Å². The van der Waals surface area contributed by atoms with Crippen LogP contribution in [0.4, 0.5) is 0 Å². The van der Waals surface area contributed by atoms with Crippen LogP contribution in [0.15, 0.2) is 109 Å². The van der Waals surface area contributed by atoms with E-state index in [1.54, 1.807) is 12.2 Å². The highest BCUT2D eigenvalue weighted by Gasteiger charge is 2.28. The van der Waals surface area contributed by atoms with Gasteiger partial charge in [0.15, 0.2) is 6.10 Å². The number of hydrogen-bond donors (Lipinski definition) is 4. The van der Waals surface area contributed by atoms with Crippen LogP contribution in [0, 0.1) is 0 Å². The standard InChI is InChI=1S/C48H76NO11P/c1-3-5-7-9-11-12-13-14-15-16-17-18-19-20-21-22-26-30-34-38-46(51)57-40-44(41-58-61(55,56)59-42-45(49)48(53)54)60-47(52)39-35-31-27-24-23-25-29-33-37-43(50)36-32-28-10-8-6-4-2/h6,8,11-12,14-15,17-18,20-21,24-25,27-29,32-33,37,43-45,50H,3-5,7,9-10,13,16,19,22-23,26,30-31,34-36,38-42,49H2,1-2H3,(H,53,54)(H,55,56)/b8-6-,12-11-,15-14-,18-17-,21-20-,27-24-,29-25-,32-28-,37-33+/t43?,44-,45+/m1/s1. The van der Waals surface area contributed by atoms with Crippen LogP contribution in [0.25, 0.3) is 0 Å². The van der Waals surface area contributed by atoms with Crippen LogP contribution in [0.2, 0.25) is 0 Å². The largest absolute Gasteiger partial charge is 0.480 e. The molecule has 0 saturated heterocycles. The lowest BCUT2D eigenvalue weighted by Gasteiger charge is -2.20. The molecule has 0 heterocycles. The Morgan fingerprint density at radius 1 is 0.607 bits per heavy atom. The molecule has 12 nitrogen and oxygen atoms in total. The quantitative estimate of drug-likeness (QED) is 0.0150. The summed E-state index contributed by atoms with van der Waals surface area (Å²) in [6.45, 7) is 2.46. The molecule has 0 aliphatic carbocycles. The van der Waals surface area contributed by atoms with E-state index < -0.39 is 63.8 Å². The normalized spacial score (nSPS) is 15.2. The Balaban J connectivity index is 4.60. The first-order valence-corrected chi connectivity index (χ1v) is 23.5. The number of nitrogens with two attached hydrogens (primary N) is 1. The van der Waals surface area contributed by atoms with Gasteiger partial charge in [0.1, 0.15) is 12.6 Å². The Morgan fingerprint density at radius 2 is 1.13 bits per heavy atom. The molecular formula is C48H76NO11P. The van der Waals surface area contributed by atoms with Crippen molar-refractivity contribution in [3.63, 3.8) is 0 Å². The molecule has 0 spiro atoms. The van der Waals surface area contributed by atoms with Crippen LogP contribution in [0.3, 0.4) is 0 Å². The Morgan fingerprint density at radius 3 is 1.74 bits per heavy atom. The molecule has 344 valence electrons. The summed E-state index contributed by atoms with van der Waals surface area (Å²) < 4.78 is 32.6. The van der Waals surface area contributed by atoms with E-state index in [4.69, 9.17) is 24.8 Å². The molecule has 0 aliphatic rings. The van der Waals surface area contributed by atoms with E-state index in [1.165, 1.54) is 19.3 Å². The molecule has 0 rings (SSSR count). The Hall–Kier alpha value is -3.90. The van der Waals surface area contributed by atoms with Crippen molar-refractivity contribution >= 4 is 25.7 Å². The summed E-state index contributed by atoms with van der Waals surface area (Å²) in [5, 5.41) is 18.9. The third kappa shape index (κ3) is 41.2. The van der Waals surface area contributed by atoms with Crippen LogP contribution in [0.1, 0.15) is 136 Å². The topological polar surface area (TPSA) is 192 Å². The Labute approximate surface area is 366 Å². The number of carboxylic acids is 1. The molecule has 0 aromatic rings. The minimum Gasteiger partial charge on any atom is -0.480 e. The third-order valence-corrected chi connectivity index (χ3v) is 9.54. The summed E-state index contributed by atoms with van der Waals surface area (Å²) in [6.07, 6.45) is 50.5. The molecule has 0 aliphatic heterocycles. The van der Waals surface area contributed by atoms with Gasteiger partial charge < -0.3 is 30.3 Å². The van der Waals surface area contributed by atoms with Crippen molar-refractivity contribution in [3.05, 3.63) is 109 Å². The second kappa shape index (κ2) is 41.5. The monoisotopic (exact) mass is 874 g/mol. The molecule has 0 fully saturated rings. The second-order valence-corrected chi connectivity index (χ2v) is 15.7. The van der Waals surface area contributed by atoms with Gasteiger partial charge in [-0.1, -0.05) is 142 Å². The fourth-order valence-electron chi connectivity index (χ4n) is 5.11. The van der Waals surface area contributed by atoms with Crippen molar-refractivity contribution in [1.82, 2.24) is 0 Å². The zero-order valence-electron chi connectivity index (χ0n) is 36.8. The molecule has 0 amide bonds. The van der Waals surface area contributed by atoms with E-state index in [0.717, 1.165) is 57.8 Å². The SMILES string of the molecule is CC/C=C\C/C=C\CC(O)/C=C/C=C\C/C=C\CCCC(=O)O[C@H](COC(=O)CCCCC/C=C\C/C=C\C/C=C\C/C=C\CCCCC)COP(=O)(O)OC[C@H](N)C(=O)O. The zero-order chi connectivity index (χ0) is 45.1. The summed E-state index contributed by atoms with van der Waals surface area (Å²) >= 11 is 0. The number of aliphatic hydroxyl groups excluding tert-OH is 1. The molecule has 13 heteroatoms. The average Bonchev–Trinajstić information content (AvgIpc) is 3.23. The van der Waals surface area contributed by atoms with E-state index in [9.17, 15) is 28.9 Å². The number of hydrogen-bond acceptors (Lipinski definition) is 10. The highest BCUT2D eigenvalue weighted by Crippen LogP contribution is 2.43. The van der Waals surface area contributed by atoms with E-state index in [1.807, 2.05) is 36.5 Å². The first-order chi connectivity index (χ1) is 29.5. The molecule has 0 aromatic carbocycles. The number of carbonyl (C=O) groups is 3. The van der Waals surface area contributed by atoms with Gasteiger partial charge in [0.2, 0.25) is 0 Å². The van der Waals surface area contributed by atoms with Crippen molar-refractivity contribution < 1.29 is 52.6 Å². The lowest BCUT2D eigenvalue weighted by atomic mass is 10.1. The second-order valence-electron chi connectivity index (χ2n) is 14.3. The minimum atomic E-state index is -4.76. The number of rotatable bonds is 39. The van der Waals surface area contributed by atoms with Crippen molar-refractivity contribution in [2.75, 3.05) is 19.8 Å². The molecule has 4 atom stereocenters. The summed E-state index contributed by atoms with van der Waals surface area (Å²) in [5.41, 5.74) is 5.32. The van der Waals surface area contributed by atoms with Gasteiger partial charge in [-0.25, -0.2) is 4.57 Å². The molecular weight excluding hydrogens is 797 g/mol. The average molecular weight is 874 g/mol. The van der Waals surface area contributed by atoms with E-state index >= 15 is 0 Å². The highest BCUT2D eigenvalue weighted by atomic mass is 31.2. The molecule has 0 aromatic heterocycles. The Kier molecular flexibility index (Phi) is 38.8. The number of esters is 2. The zero-order valence-corrected chi connectivity index (χ0v) is 37.7. The van der Waals surface area contributed by atoms with Crippen LogP contribution >= 0.6 is 7.82 Å². The minimum absolute atomic E-state index is 0.0365. The number of phosphoric ester groups is 1. The van der Waals surface area contributed by atoms with Crippen LogP contribution in [-0.2, 0) is 37.5 Å². The molecule has 0 radical (unpaired) electrons. The van der Waals surface area contributed by atoms with Gasteiger partial charge in [0.25, 0.3) is 0 Å². The van der Waals surface area contributed by atoms with Gasteiger partial charge in [-0.15, -0.1) is 0 Å². The first-order valence-electron chi connectivity index (χ1n) is 22.0. The van der Waals surface area contributed by atoms with Gasteiger partial charge in [-0.3, -0.25) is 23.4 Å². The number of aliphatic carboxylic acids is 1. The number of carbonyl (C=O) groups excluding carboxylic acids is 2. The lowest BCUT2D eigenvalue weighted by molar-refractivity contribution is -0.161. The fourth-order valence-corrected chi connectivity index (χ4v) is 5.89. The molecule has 2 unspecified atom stereocenters. The summed E-state index contributed by atoms with van der Waals surface area (Å²) in [5.74, 6) is -2.56. The van der Waals surface area contributed by atoms with Crippen LogP contribution in [0.5, 0.6) is 0 Å². The van der Waals surface area contributed by atoms with Crippen molar-refractivity contribution in [2.24, 2.45) is 5.73 Å². The predicted octanol–water partition coefficient (Wildman–Crippen LogP) is 10.8. The number of ether oxygens (including phenoxy) is 2. The van der Waals surface area contributed by atoms with Crippen molar-refractivity contribution in [2.45, 2.75) is 154 Å². The smallest absolute Gasteiger partial charge is 0.472 e. The van der Waals surface area contributed by atoms with E-state index in [2.05, 4.69) is 79.1 Å². The summed E-state index contributed by atoms with van der Waals surface area (Å²) in [4.78, 5) is 46.0. The predicted molar refractivity (Wildman–Crippen MR) is 246 cm³/mol. The maximum absolute atomic E-state index is 12.6. The van der Waals surface area contributed by atoms with Crippen LogP contribution < -0.4 is 5.73 Å². The van der Waals surface area contributed by atoms with Gasteiger partial charge in [0.05, 0.1) is 19.3 Å². The Bertz CT molecular complexity index is 1460. The lowest BCUT2D eigenvalue weighted by Crippen LogP contribution is -2.34. The summed E-state index contributed by atoms with van der Waals surface area (Å²) in [6, 6.07) is -1.55. The molecule has 0 saturated carbocycles. The number of phosphoric acid groups is 1. The maximum atomic E-state index is 12.6. The first kappa shape index (κ1) is 57.1. The van der Waals surface area contributed by atoms with Gasteiger partial charge in [-0.2, -0.15) is 0 Å². The van der Waals surface area contributed by atoms with Gasteiger partial charge >= 0.3 is 25.7 Å². The van der Waals surface area contributed by atoms with Gasteiger partial charge in [0, 0.05) is 12.8 Å². The highest BCUT2D eigenvalue weighted by molar-refractivity contribution is 7.47. The van der Waals surface area contributed by atoms with E-state index in [0.29, 0.717) is 32.1 Å². The van der Waals surface area contributed by atoms with E-state index in [-0.39, 0.29) is 12.8 Å².